The molecule has 1 saturated heterocycles. The second-order valence-electron chi connectivity index (χ2n) is 6.12. The molecule has 1 aliphatic rings. The third kappa shape index (κ3) is 3.39. The number of nitrogens with zero attached hydrogens (tertiary/aromatic N) is 2. The number of nitrogens with one attached hydrogen (secondary N) is 1. The molecule has 1 aromatic heterocycles. The lowest BCUT2D eigenvalue weighted by Crippen LogP contribution is -2.49. The molecule has 7 nitrogen and oxygen atoms in total. The Balaban J connectivity index is 1.83. The number of piperidine rings is 1. The molecular formula is C17H18FN3O4. The van der Waals surface area contributed by atoms with Crippen molar-refractivity contribution in [3.63, 3.8) is 0 Å². The summed E-state index contributed by atoms with van der Waals surface area (Å²) >= 11 is 0. The van der Waals surface area contributed by atoms with E-state index in [0.29, 0.717) is 17.1 Å². The average Bonchev–Trinajstić information content (AvgIpc) is 2.97. The number of aromatic nitrogens is 2. The number of likely N-dealkylation sites (tertiary alicyclic amines) is 1. The van der Waals surface area contributed by atoms with Crippen LogP contribution in [0.3, 0.4) is 0 Å². The first-order valence-electron chi connectivity index (χ1n) is 7.89. The zero-order chi connectivity index (χ0) is 18.1. The van der Waals surface area contributed by atoms with Crippen molar-refractivity contribution in [2.75, 3.05) is 13.1 Å². The number of aryl methyl sites for hydroxylation is 1. The van der Waals surface area contributed by atoms with E-state index in [0.717, 1.165) is 0 Å². The van der Waals surface area contributed by atoms with E-state index in [1.54, 1.807) is 19.1 Å². The summed E-state index contributed by atoms with van der Waals surface area (Å²) in [5.74, 6) is -2.45. The van der Waals surface area contributed by atoms with Crippen LogP contribution in [0.25, 0.3) is 11.4 Å². The Labute approximate surface area is 143 Å². The molecule has 2 aromatic rings. The Morgan fingerprint density at radius 3 is 2.64 bits per heavy atom. The topological polar surface area (TPSA) is 107 Å². The summed E-state index contributed by atoms with van der Waals surface area (Å²) < 4.78 is 13.0. The molecule has 0 bridgehead atoms. The number of carboxylic acids is 1. The SMILES string of the molecule is Cc1[nH]c(-c2ccc(F)cc2)nc1C(=O)N1CC[C@H](O)[C@H](C(=O)O)C1. The van der Waals surface area contributed by atoms with Crippen LogP contribution < -0.4 is 0 Å². The predicted molar refractivity (Wildman–Crippen MR) is 86.4 cm³/mol. The Morgan fingerprint density at radius 1 is 1.32 bits per heavy atom. The number of carbonyl (C=O) groups is 2. The molecule has 1 fully saturated rings. The third-order valence-corrected chi connectivity index (χ3v) is 4.39. The molecular weight excluding hydrogens is 329 g/mol. The zero-order valence-electron chi connectivity index (χ0n) is 13.6. The van der Waals surface area contributed by atoms with Gasteiger partial charge in [0.05, 0.1) is 6.10 Å². The first-order chi connectivity index (χ1) is 11.9. The number of aliphatic hydroxyl groups excluding tert-OH is 1. The number of carbonyl (C=O) groups excluding carboxylic acids is 1. The van der Waals surface area contributed by atoms with Crippen LogP contribution >= 0.6 is 0 Å². The van der Waals surface area contributed by atoms with E-state index in [-0.39, 0.29) is 36.9 Å². The highest BCUT2D eigenvalue weighted by molar-refractivity contribution is 5.94. The summed E-state index contributed by atoms with van der Waals surface area (Å²) in [5.41, 5.74) is 1.38. The van der Waals surface area contributed by atoms with Gasteiger partial charge in [-0.05, 0) is 37.6 Å². The molecule has 1 aliphatic heterocycles. The molecule has 3 rings (SSSR count). The Hall–Kier alpha value is -2.74. The van der Waals surface area contributed by atoms with Crippen LogP contribution in [0.15, 0.2) is 24.3 Å². The van der Waals surface area contributed by atoms with Crippen molar-refractivity contribution < 1.29 is 24.2 Å². The van der Waals surface area contributed by atoms with E-state index in [1.165, 1.54) is 17.0 Å². The van der Waals surface area contributed by atoms with Gasteiger partial charge in [0.1, 0.15) is 23.3 Å². The Kier molecular flexibility index (Phi) is 4.54. The number of rotatable bonds is 3. The Bertz CT molecular complexity index is 803. The number of amides is 1. The molecule has 2 heterocycles. The molecule has 0 aliphatic carbocycles. The number of hydrogen-bond acceptors (Lipinski definition) is 4. The van der Waals surface area contributed by atoms with Gasteiger partial charge < -0.3 is 20.1 Å². The van der Waals surface area contributed by atoms with Crippen LogP contribution in [0, 0.1) is 18.7 Å². The maximum Gasteiger partial charge on any atom is 0.310 e. The largest absolute Gasteiger partial charge is 0.481 e. The molecule has 1 amide bonds. The number of halogens is 1. The number of aliphatic hydroxyl groups is 1. The zero-order valence-corrected chi connectivity index (χ0v) is 13.6. The summed E-state index contributed by atoms with van der Waals surface area (Å²) in [7, 11) is 0. The van der Waals surface area contributed by atoms with Crippen molar-refractivity contribution in [3.8, 4) is 11.4 Å². The van der Waals surface area contributed by atoms with Crippen LogP contribution in [-0.2, 0) is 4.79 Å². The second-order valence-corrected chi connectivity index (χ2v) is 6.12. The fraction of sp³-hybridized carbons (Fsp3) is 0.353. The van der Waals surface area contributed by atoms with Gasteiger partial charge in [0.2, 0.25) is 0 Å². The van der Waals surface area contributed by atoms with Gasteiger partial charge >= 0.3 is 5.97 Å². The first-order valence-corrected chi connectivity index (χ1v) is 7.89. The quantitative estimate of drug-likeness (QED) is 0.779. The van der Waals surface area contributed by atoms with Crippen molar-refractivity contribution in [1.29, 1.82) is 0 Å². The summed E-state index contributed by atoms with van der Waals surface area (Å²) in [5, 5.41) is 18.9. The van der Waals surface area contributed by atoms with Crippen molar-refractivity contribution in [2.24, 2.45) is 5.92 Å². The highest BCUT2D eigenvalue weighted by Gasteiger charge is 2.36. The fourth-order valence-electron chi connectivity index (χ4n) is 2.93. The predicted octanol–water partition coefficient (Wildman–Crippen LogP) is 1.43. The average molecular weight is 347 g/mol. The first kappa shape index (κ1) is 17.1. The summed E-state index contributed by atoms with van der Waals surface area (Å²) in [6.07, 6.45) is -0.756. The van der Waals surface area contributed by atoms with E-state index in [4.69, 9.17) is 5.11 Å². The minimum Gasteiger partial charge on any atom is -0.481 e. The second kappa shape index (κ2) is 6.64. The van der Waals surface area contributed by atoms with Gasteiger partial charge in [-0.2, -0.15) is 0 Å². The highest BCUT2D eigenvalue weighted by atomic mass is 19.1. The number of H-pyrrole nitrogens is 1. The molecule has 8 heteroatoms. The van der Waals surface area contributed by atoms with Crippen LogP contribution in [0.4, 0.5) is 4.39 Å². The van der Waals surface area contributed by atoms with Gasteiger partial charge in [0.15, 0.2) is 0 Å². The Morgan fingerprint density at radius 2 is 2.00 bits per heavy atom. The maximum atomic E-state index is 13.0. The van der Waals surface area contributed by atoms with E-state index in [9.17, 15) is 19.1 Å². The fourth-order valence-corrected chi connectivity index (χ4v) is 2.93. The molecule has 0 spiro atoms. The molecule has 0 radical (unpaired) electrons. The third-order valence-electron chi connectivity index (χ3n) is 4.39. The van der Waals surface area contributed by atoms with E-state index < -0.39 is 18.0 Å². The summed E-state index contributed by atoms with van der Waals surface area (Å²) in [4.78, 5) is 32.6. The molecule has 25 heavy (non-hydrogen) atoms. The number of hydrogen-bond donors (Lipinski definition) is 3. The number of imidazole rings is 1. The lowest BCUT2D eigenvalue weighted by molar-refractivity contribution is -0.148. The van der Waals surface area contributed by atoms with Crippen molar-refractivity contribution >= 4 is 11.9 Å². The van der Waals surface area contributed by atoms with Crippen LogP contribution in [0.5, 0.6) is 0 Å². The van der Waals surface area contributed by atoms with Gasteiger partial charge in [-0.25, -0.2) is 9.37 Å². The number of carboxylic acid groups (broad SMARTS) is 1. The van der Waals surface area contributed by atoms with Gasteiger partial charge in [0, 0.05) is 24.3 Å². The van der Waals surface area contributed by atoms with Gasteiger partial charge in [-0.15, -0.1) is 0 Å². The summed E-state index contributed by atoms with van der Waals surface area (Å²) in [6, 6.07) is 5.72. The maximum absolute atomic E-state index is 13.0. The van der Waals surface area contributed by atoms with Crippen molar-refractivity contribution in [2.45, 2.75) is 19.4 Å². The molecule has 3 N–H and O–H groups in total. The summed E-state index contributed by atoms with van der Waals surface area (Å²) in [6.45, 7) is 1.90. The number of benzene rings is 1. The number of aliphatic carboxylic acids is 1. The van der Waals surface area contributed by atoms with E-state index in [2.05, 4.69) is 9.97 Å². The monoisotopic (exact) mass is 347 g/mol. The number of aromatic amines is 1. The molecule has 0 unspecified atom stereocenters. The van der Waals surface area contributed by atoms with Crippen molar-refractivity contribution in [3.05, 3.63) is 41.5 Å². The minimum absolute atomic E-state index is 0.0620. The highest BCUT2D eigenvalue weighted by Crippen LogP contribution is 2.23. The van der Waals surface area contributed by atoms with Crippen LogP contribution in [0.2, 0.25) is 0 Å². The minimum atomic E-state index is -1.13. The molecule has 0 saturated carbocycles. The molecule has 2 atom stereocenters. The molecule has 132 valence electrons. The van der Waals surface area contributed by atoms with Gasteiger partial charge in [-0.3, -0.25) is 9.59 Å². The smallest absolute Gasteiger partial charge is 0.310 e. The standard InChI is InChI=1S/C17H18FN3O4/c1-9-14(20-15(19-9)10-2-4-11(18)5-3-10)16(23)21-7-6-13(22)12(8-21)17(24)25/h2-5,12-13,22H,6-8H2,1H3,(H,19,20)(H,24,25)/t12-,13+/m1/s1. The normalized spacial score (nSPS) is 20.5. The van der Waals surface area contributed by atoms with Crippen molar-refractivity contribution in [1.82, 2.24) is 14.9 Å². The van der Waals surface area contributed by atoms with E-state index >= 15 is 0 Å². The molecule has 1 aromatic carbocycles. The van der Waals surface area contributed by atoms with Crippen LogP contribution in [0.1, 0.15) is 22.6 Å². The lowest BCUT2D eigenvalue weighted by Gasteiger charge is -2.33. The van der Waals surface area contributed by atoms with E-state index in [1.807, 2.05) is 0 Å². The lowest BCUT2D eigenvalue weighted by atomic mass is 9.94. The van der Waals surface area contributed by atoms with Crippen LogP contribution in [-0.4, -0.2) is 56.2 Å². The van der Waals surface area contributed by atoms with Gasteiger partial charge in [0.25, 0.3) is 5.91 Å². The van der Waals surface area contributed by atoms with Gasteiger partial charge in [-0.1, -0.05) is 0 Å².